The molecule has 1 aliphatic heterocycles. The summed E-state index contributed by atoms with van der Waals surface area (Å²) in [4.78, 5) is 0. The van der Waals surface area contributed by atoms with Gasteiger partial charge < -0.3 is 10.5 Å². The second-order valence-corrected chi connectivity index (χ2v) is 4.94. The van der Waals surface area contributed by atoms with Gasteiger partial charge >= 0.3 is 6.18 Å². The van der Waals surface area contributed by atoms with Crippen LogP contribution in [0.3, 0.4) is 0 Å². The van der Waals surface area contributed by atoms with E-state index in [1.165, 1.54) is 4.68 Å². The lowest BCUT2D eigenvalue weighted by Gasteiger charge is -2.15. The first-order chi connectivity index (χ1) is 10.4. The number of halogens is 3. The van der Waals surface area contributed by atoms with E-state index < -0.39 is 11.9 Å². The molecule has 3 rings (SSSR count). The van der Waals surface area contributed by atoms with Crippen LogP contribution in [0.1, 0.15) is 17.7 Å². The summed E-state index contributed by atoms with van der Waals surface area (Å²) in [6.45, 7) is 0.570. The predicted molar refractivity (Wildman–Crippen MR) is 73.2 cm³/mol. The van der Waals surface area contributed by atoms with Gasteiger partial charge in [0.05, 0.1) is 18.8 Å². The maximum absolute atomic E-state index is 13.3. The van der Waals surface area contributed by atoms with Crippen molar-refractivity contribution in [2.75, 3.05) is 18.9 Å². The number of aromatic nitrogens is 4. The van der Waals surface area contributed by atoms with Crippen LogP contribution < -0.4 is 5.73 Å². The third-order valence-corrected chi connectivity index (χ3v) is 3.34. The molecule has 9 heteroatoms. The Labute approximate surface area is 124 Å². The number of aryl methyl sites for hydroxylation is 1. The molecule has 0 saturated carbocycles. The minimum atomic E-state index is -4.61. The fraction of sp³-hybridized carbons (Fsp3) is 0.385. The van der Waals surface area contributed by atoms with Gasteiger partial charge in [0.2, 0.25) is 0 Å². The van der Waals surface area contributed by atoms with E-state index in [9.17, 15) is 13.2 Å². The first-order valence-corrected chi connectivity index (χ1v) is 6.61. The normalized spacial score (nSPS) is 15.9. The molecule has 6 nitrogen and oxygen atoms in total. The lowest BCUT2D eigenvalue weighted by atomic mass is 10.0. The standard InChI is InChI=1S/C13H14F3N5O/c1-20-5-4-9(18-20)21-12(17)10(8-3-2-6-22-7-8)11(19-21)13(14,15)16/h3-5H,2,6-7,17H2,1H3. The van der Waals surface area contributed by atoms with Gasteiger partial charge in [0.15, 0.2) is 11.5 Å². The maximum atomic E-state index is 13.3. The Morgan fingerprint density at radius 1 is 1.32 bits per heavy atom. The summed E-state index contributed by atoms with van der Waals surface area (Å²) in [6, 6.07) is 1.54. The van der Waals surface area contributed by atoms with Gasteiger partial charge in [-0.2, -0.15) is 28.1 Å². The quantitative estimate of drug-likeness (QED) is 0.920. The molecule has 0 fully saturated rings. The smallest absolute Gasteiger partial charge is 0.383 e. The highest BCUT2D eigenvalue weighted by atomic mass is 19.4. The predicted octanol–water partition coefficient (Wildman–Crippen LogP) is 2.01. The zero-order chi connectivity index (χ0) is 15.9. The first-order valence-electron chi connectivity index (χ1n) is 6.61. The second kappa shape index (κ2) is 5.16. The molecule has 0 aromatic carbocycles. The number of hydrogen-bond acceptors (Lipinski definition) is 4. The highest BCUT2D eigenvalue weighted by molar-refractivity contribution is 5.77. The molecule has 1 aliphatic rings. The molecule has 2 N–H and O–H groups in total. The van der Waals surface area contributed by atoms with Gasteiger partial charge in [0, 0.05) is 19.3 Å². The van der Waals surface area contributed by atoms with Gasteiger partial charge in [-0.05, 0) is 12.0 Å². The fourth-order valence-electron chi connectivity index (χ4n) is 2.37. The molecule has 0 aliphatic carbocycles. The number of ether oxygens (including phenoxy) is 1. The highest BCUT2D eigenvalue weighted by Crippen LogP contribution is 2.38. The number of nitrogens with two attached hydrogens (primary N) is 1. The van der Waals surface area contributed by atoms with Gasteiger partial charge in [0.1, 0.15) is 5.82 Å². The molecule has 0 spiro atoms. The molecule has 118 valence electrons. The van der Waals surface area contributed by atoms with Crippen LogP contribution in [-0.2, 0) is 18.0 Å². The van der Waals surface area contributed by atoms with Gasteiger partial charge in [-0.1, -0.05) is 6.08 Å². The molecule has 2 aromatic rings. The minimum absolute atomic E-state index is 0.0845. The van der Waals surface area contributed by atoms with E-state index in [-0.39, 0.29) is 23.8 Å². The molecule has 0 unspecified atom stereocenters. The van der Waals surface area contributed by atoms with Crippen molar-refractivity contribution in [3.63, 3.8) is 0 Å². The largest absolute Gasteiger partial charge is 0.435 e. The summed E-state index contributed by atoms with van der Waals surface area (Å²) in [6.07, 6.45) is -0.760. The molecule has 0 atom stereocenters. The van der Waals surface area contributed by atoms with Crippen LogP contribution in [-0.4, -0.2) is 32.8 Å². The van der Waals surface area contributed by atoms with Crippen molar-refractivity contribution in [3.05, 3.63) is 29.6 Å². The van der Waals surface area contributed by atoms with Gasteiger partial charge in [0.25, 0.3) is 0 Å². The summed E-state index contributed by atoms with van der Waals surface area (Å²) in [5.41, 5.74) is 5.18. The molecular weight excluding hydrogens is 299 g/mol. The second-order valence-electron chi connectivity index (χ2n) is 4.94. The number of hydrogen-bond donors (Lipinski definition) is 1. The SMILES string of the molecule is Cn1ccc(-n2nc(C(F)(F)F)c(C3=CCCOC3)c2N)n1. The molecule has 2 aromatic heterocycles. The molecule has 0 amide bonds. The number of alkyl halides is 3. The van der Waals surface area contributed by atoms with Crippen molar-refractivity contribution in [1.29, 1.82) is 0 Å². The fourth-order valence-corrected chi connectivity index (χ4v) is 2.37. The van der Waals surface area contributed by atoms with Gasteiger partial charge in [-0.3, -0.25) is 4.68 Å². The van der Waals surface area contributed by atoms with Crippen LogP contribution in [0.15, 0.2) is 18.3 Å². The van der Waals surface area contributed by atoms with Crippen LogP contribution in [0.4, 0.5) is 19.0 Å². The van der Waals surface area contributed by atoms with Gasteiger partial charge in [-0.15, -0.1) is 0 Å². The molecule has 22 heavy (non-hydrogen) atoms. The monoisotopic (exact) mass is 313 g/mol. The molecule has 0 saturated heterocycles. The maximum Gasteiger partial charge on any atom is 0.435 e. The van der Waals surface area contributed by atoms with Crippen LogP contribution in [0.25, 0.3) is 11.4 Å². The Hall–Kier alpha value is -2.29. The third kappa shape index (κ3) is 2.47. The van der Waals surface area contributed by atoms with Crippen molar-refractivity contribution in [3.8, 4) is 5.82 Å². The van der Waals surface area contributed by atoms with Crippen molar-refractivity contribution in [1.82, 2.24) is 19.6 Å². The Balaban J connectivity index is 2.18. The Bertz CT molecular complexity index is 729. The average Bonchev–Trinajstić information content (AvgIpc) is 3.03. The van der Waals surface area contributed by atoms with Crippen LogP contribution in [0.5, 0.6) is 0 Å². The van der Waals surface area contributed by atoms with Crippen LogP contribution in [0.2, 0.25) is 0 Å². The van der Waals surface area contributed by atoms with Crippen LogP contribution >= 0.6 is 0 Å². The topological polar surface area (TPSA) is 70.9 Å². The van der Waals surface area contributed by atoms with E-state index in [4.69, 9.17) is 10.5 Å². The Morgan fingerprint density at radius 3 is 2.64 bits per heavy atom. The number of rotatable bonds is 2. The summed E-state index contributed by atoms with van der Waals surface area (Å²) < 4.78 is 47.6. The summed E-state index contributed by atoms with van der Waals surface area (Å²) in [5, 5.41) is 7.68. The Morgan fingerprint density at radius 2 is 2.09 bits per heavy atom. The van der Waals surface area contributed by atoms with Crippen LogP contribution in [0, 0.1) is 0 Å². The van der Waals surface area contributed by atoms with Crippen molar-refractivity contribution in [2.45, 2.75) is 12.6 Å². The van der Waals surface area contributed by atoms with E-state index in [0.717, 1.165) is 4.68 Å². The number of nitrogen functional groups attached to an aromatic ring is 1. The summed E-state index contributed by atoms with van der Waals surface area (Å²) >= 11 is 0. The lowest BCUT2D eigenvalue weighted by molar-refractivity contribution is -0.141. The van der Waals surface area contributed by atoms with Gasteiger partial charge in [-0.25, -0.2) is 0 Å². The molecule has 3 heterocycles. The molecule has 0 bridgehead atoms. The number of anilines is 1. The summed E-state index contributed by atoms with van der Waals surface area (Å²) in [7, 11) is 1.66. The molecular formula is C13H14F3N5O. The van der Waals surface area contributed by atoms with E-state index in [2.05, 4.69) is 10.2 Å². The first kappa shape index (κ1) is 14.6. The third-order valence-electron chi connectivity index (χ3n) is 3.34. The van der Waals surface area contributed by atoms with Crippen molar-refractivity contribution < 1.29 is 17.9 Å². The van der Waals surface area contributed by atoms with Crippen molar-refractivity contribution in [2.24, 2.45) is 7.05 Å². The number of nitrogens with zero attached hydrogens (tertiary/aromatic N) is 4. The lowest BCUT2D eigenvalue weighted by Crippen LogP contribution is -2.13. The van der Waals surface area contributed by atoms with E-state index in [1.54, 1.807) is 25.4 Å². The van der Waals surface area contributed by atoms with E-state index in [1.807, 2.05) is 0 Å². The Kier molecular flexibility index (Phi) is 3.44. The summed E-state index contributed by atoms with van der Waals surface area (Å²) in [5.74, 6) is 0.136. The van der Waals surface area contributed by atoms with Crippen molar-refractivity contribution >= 4 is 11.4 Å². The zero-order valence-electron chi connectivity index (χ0n) is 11.8. The minimum Gasteiger partial charge on any atom is -0.383 e. The average molecular weight is 313 g/mol. The van der Waals surface area contributed by atoms with E-state index >= 15 is 0 Å². The highest BCUT2D eigenvalue weighted by Gasteiger charge is 2.40. The van der Waals surface area contributed by atoms with E-state index in [0.29, 0.717) is 18.6 Å². The zero-order valence-corrected chi connectivity index (χ0v) is 11.8. The molecule has 0 radical (unpaired) electrons.